The Morgan fingerprint density at radius 2 is 1.43 bits per heavy atom. The largest absolute Gasteiger partial charge is 0.297 e. The van der Waals surface area contributed by atoms with Gasteiger partial charge in [0.2, 0.25) is 0 Å². The van der Waals surface area contributed by atoms with E-state index in [0.717, 1.165) is 45.0 Å². The van der Waals surface area contributed by atoms with Crippen molar-refractivity contribution >= 4 is 0 Å². The van der Waals surface area contributed by atoms with E-state index >= 15 is 0 Å². The van der Waals surface area contributed by atoms with Crippen LogP contribution in [0.1, 0.15) is 36.3 Å². The van der Waals surface area contributed by atoms with Crippen LogP contribution in [0.5, 0.6) is 0 Å². The zero-order chi connectivity index (χ0) is 19.2. The van der Waals surface area contributed by atoms with E-state index in [-0.39, 0.29) is 6.04 Å². The van der Waals surface area contributed by atoms with Crippen molar-refractivity contribution in [2.24, 2.45) is 0 Å². The van der Waals surface area contributed by atoms with E-state index in [2.05, 4.69) is 86.8 Å². The number of hydrogen-bond acceptors (Lipinski definition) is 5. The van der Waals surface area contributed by atoms with Gasteiger partial charge in [0.15, 0.2) is 5.82 Å². The third kappa shape index (κ3) is 4.46. The molecule has 0 bridgehead atoms. The standard InChI is InChI=1S/C22H28N6/c1-2-21(22-23-24-25-28(22)18-20-11-7-4-8-12-20)27-15-13-26(14-16-27)17-19-9-5-3-6-10-19/h3-12,21H,2,13-18H2,1H3/t21-/m1/s1. The zero-order valence-corrected chi connectivity index (χ0v) is 16.5. The van der Waals surface area contributed by atoms with Gasteiger partial charge in [-0.3, -0.25) is 9.80 Å². The first kappa shape index (κ1) is 18.8. The third-order valence-electron chi connectivity index (χ3n) is 5.52. The highest BCUT2D eigenvalue weighted by atomic mass is 15.6. The van der Waals surface area contributed by atoms with Gasteiger partial charge in [0.25, 0.3) is 0 Å². The summed E-state index contributed by atoms with van der Waals surface area (Å²) in [6.45, 7) is 8.21. The number of aromatic nitrogens is 4. The Kier molecular flexibility index (Phi) is 6.09. The molecule has 0 radical (unpaired) electrons. The maximum atomic E-state index is 4.39. The van der Waals surface area contributed by atoms with E-state index in [0.29, 0.717) is 6.54 Å². The van der Waals surface area contributed by atoms with Crippen LogP contribution in [-0.4, -0.2) is 56.2 Å². The molecule has 2 heterocycles. The molecule has 0 spiro atoms. The highest BCUT2D eigenvalue weighted by Gasteiger charge is 2.27. The maximum absolute atomic E-state index is 4.39. The van der Waals surface area contributed by atoms with Gasteiger partial charge >= 0.3 is 0 Å². The van der Waals surface area contributed by atoms with Gasteiger partial charge in [-0.25, -0.2) is 4.68 Å². The van der Waals surface area contributed by atoms with E-state index in [1.807, 2.05) is 10.7 Å². The Morgan fingerprint density at radius 3 is 2.04 bits per heavy atom. The van der Waals surface area contributed by atoms with Gasteiger partial charge < -0.3 is 0 Å². The molecule has 1 atom stereocenters. The normalized spacial score (nSPS) is 16.9. The summed E-state index contributed by atoms with van der Waals surface area (Å²) >= 11 is 0. The maximum Gasteiger partial charge on any atom is 0.168 e. The van der Waals surface area contributed by atoms with Crippen LogP contribution in [0.4, 0.5) is 0 Å². The van der Waals surface area contributed by atoms with Crippen molar-refractivity contribution in [3.63, 3.8) is 0 Å². The number of tetrazole rings is 1. The van der Waals surface area contributed by atoms with E-state index < -0.39 is 0 Å². The molecule has 146 valence electrons. The summed E-state index contributed by atoms with van der Waals surface area (Å²) in [6, 6.07) is 21.4. The summed E-state index contributed by atoms with van der Waals surface area (Å²) in [7, 11) is 0. The summed E-state index contributed by atoms with van der Waals surface area (Å²) in [5.41, 5.74) is 2.60. The summed E-state index contributed by atoms with van der Waals surface area (Å²) in [4.78, 5) is 5.07. The fourth-order valence-electron chi connectivity index (χ4n) is 4.00. The lowest BCUT2D eigenvalue weighted by Gasteiger charge is -2.38. The van der Waals surface area contributed by atoms with Crippen molar-refractivity contribution in [2.45, 2.75) is 32.5 Å². The summed E-state index contributed by atoms with van der Waals surface area (Å²) < 4.78 is 1.96. The van der Waals surface area contributed by atoms with Gasteiger partial charge in [0, 0.05) is 32.7 Å². The molecule has 1 fully saturated rings. The average molecular weight is 377 g/mol. The first-order valence-corrected chi connectivity index (χ1v) is 10.1. The first-order valence-electron chi connectivity index (χ1n) is 10.1. The summed E-state index contributed by atoms with van der Waals surface area (Å²) in [6.07, 6.45) is 1.01. The van der Waals surface area contributed by atoms with Crippen molar-refractivity contribution in [3.05, 3.63) is 77.6 Å². The van der Waals surface area contributed by atoms with Crippen molar-refractivity contribution in [1.29, 1.82) is 0 Å². The van der Waals surface area contributed by atoms with Crippen LogP contribution in [0.15, 0.2) is 60.7 Å². The van der Waals surface area contributed by atoms with Crippen molar-refractivity contribution in [3.8, 4) is 0 Å². The number of rotatable bonds is 7. The predicted octanol–water partition coefficient (Wildman–Crippen LogP) is 2.99. The molecular weight excluding hydrogens is 348 g/mol. The zero-order valence-electron chi connectivity index (χ0n) is 16.5. The molecule has 28 heavy (non-hydrogen) atoms. The van der Waals surface area contributed by atoms with Gasteiger partial charge in [-0.2, -0.15) is 0 Å². The molecule has 0 unspecified atom stereocenters. The monoisotopic (exact) mass is 376 g/mol. The minimum Gasteiger partial charge on any atom is -0.297 e. The third-order valence-corrected chi connectivity index (χ3v) is 5.52. The Morgan fingerprint density at radius 1 is 0.821 bits per heavy atom. The van der Waals surface area contributed by atoms with Gasteiger partial charge in [0.05, 0.1) is 12.6 Å². The Bertz CT molecular complexity index is 840. The lowest BCUT2D eigenvalue weighted by atomic mass is 10.1. The summed E-state index contributed by atoms with van der Waals surface area (Å²) in [5, 5.41) is 12.6. The highest BCUT2D eigenvalue weighted by Crippen LogP contribution is 2.24. The average Bonchev–Trinajstić information content (AvgIpc) is 3.19. The predicted molar refractivity (Wildman–Crippen MR) is 110 cm³/mol. The minimum atomic E-state index is 0.262. The van der Waals surface area contributed by atoms with Crippen molar-refractivity contribution in [1.82, 2.24) is 30.0 Å². The molecule has 1 aromatic heterocycles. The number of nitrogens with zero attached hydrogens (tertiary/aromatic N) is 6. The van der Waals surface area contributed by atoms with Gasteiger partial charge in [-0.15, -0.1) is 5.10 Å². The van der Waals surface area contributed by atoms with Crippen LogP contribution in [0.3, 0.4) is 0 Å². The van der Waals surface area contributed by atoms with Gasteiger partial charge in [-0.1, -0.05) is 67.6 Å². The van der Waals surface area contributed by atoms with E-state index in [1.54, 1.807) is 0 Å². The van der Waals surface area contributed by atoms with Crippen molar-refractivity contribution < 1.29 is 0 Å². The number of piperazine rings is 1. The van der Waals surface area contributed by atoms with Crippen LogP contribution in [0, 0.1) is 0 Å². The quantitative estimate of drug-likeness (QED) is 0.634. The first-order chi connectivity index (χ1) is 13.8. The van der Waals surface area contributed by atoms with Crippen LogP contribution < -0.4 is 0 Å². The SMILES string of the molecule is CC[C@H](c1nnnn1Cc1ccccc1)N1CCN(Cc2ccccc2)CC1. The molecule has 1 saturated heterocycles. The second-order valence-electron chi connectivity index (χ2n) is 7.40. The molecule has 2 aromatic carbocycles. The van der Waals surface area contributed by atoms with E-state index in [1.165, 1.54) is 11.1 Å². The van der Waals surface area contributed by atoms with Crippen LogP contribution in [0.2, 0.25) is 0 Å². The molecule has 6 nitrogen and oxygen atoms in total. The Balaban J connectivity index is 1.39. The molecular formula is C22H28N6. The molecule has 0 saturated carbocycles. The smallest absolute Gasteiger partial charge is 0.168 e. The number of benzene rings is 2. The van der Waals surface area contributed by atoms with Crippen LogP contribution in [0.25, 0.3) is 0 Å². The highest BCUT2D eigenvalue weighted by molar-refractivity contribution is 5.16. The molecule has 6 heteroatoms. The molecule has 1 aliphatic rings. The minimum absolute atomic E-state index is 0.262. The number of hydrogen-bond donors (Lipinski definition) is 0. The fourth-order valence-corrected chi connectivity index (χ4v) is 4.00. The molecule has 0 N–H and O–H groups in total. The Labute approximate surface area is 166 Å². The van der Waals surface area contributed by atoms with E-state index in [4.69, 9.17) is 0 Å². The van der Waals surface area contributed by atoms with Gasteiger partial charge in [-0.05, 0) is 28.0 Å². The van der Waals surface area contributed by atoms with E-state index in [9.17, 15) is 0 Å². The molecule has 1 aliphatic heterocycles. The molecule has 0 aliphatic carbocycles. The molecule has 4 rings (SSSR count). The molecule has 3 aromatic rings. The van der Waals surface area contributed by atoms with Crippen molar-refractivity contribution in [2.75, 3.05) is 26.2 Å². The lowest BCUT2D eigenvalue weighted by Crippen LogP contribution is -2.47. The fraction of sp³-hybridized carbons (Fsp3) is 0.409. The van der Waals surface area contributed by atoms with Crippen LogP contribution in [-0.2, 0) is 13.1 Å². The second kappa shape index (κ2) is 9.08. The lowest BCUT2D eigenvalue weighted by molar-refractivity contribution is 0.0844. The second-order valence-corrected chi connectivity index (χ2v) is 7.40. The van der Waals surface area contributed by atoms with Gasteiger partial charge in [0.1, 0.15) is 0 Å². The van der Waals surface area contributed by atoms with Crippen LogP contribution >= 0.6 is 0 Å². The molecule has 0 amide bonds. The Hall–Kier alpha value is -2.57. The topological polar surface area (TPSA) is 50.1 Å². The summed E-state index contributed by atoms with van der Waals surface area (Å²) in [5.74, 6) is 0.975.